The Kier molecular flexibility index (Phi) is 4.32. The number of carbonyl (C=O) groups excluding carboxylic acids is 1. The quantitative estimate of drug-likeness (QED) is 0.839. The van der Waals surface area contributed by atoms with Crippen molar-refractivity contribution in [1.82, 2.24) is 5.32 Å². The summed E-state index contributed by atoms with van der Waals surface area (Å²) in [6, 6.07) is 1.83. The van der Waals surface area contributed by atoms with Crippen LogP contribution < -0.4 is 10.6 Å². The lowest BCUT2D eigenvalue weighted by Gasteiger charge is -2.35. The van der Waals surface area contributed by atoms with Gasteiger partial charge in [0, 0.05) is 6.54 Å². The van der Waals surface area contributed by atoms with Crippen LogP contribution >= 0.6 is 0 Å². The molecule has 6 heteroatoms. The standard InChI is InChI=1S/C14H17F3N2O/c1-2-14(6-3-7-18-8-14)13(20)19-10-5-4-9(15)11(16)12(10)17/h4-5,18H,2-3,6-8H2,1H3,(H,19,20). The molecule has 0 aromatic heterocycles. The molecule has 0 radical (unpaired) electrons. The lowest BCUT2D eigenvalue weighted by molar-refractivity contribution is -0.126. The van der Waals surface area contributed by atoms with Crippen molar-refractivity contribution in [2.24, 2.45) is 5.41 Å². The third-order valence-electron chi connectivity index (χ3n) is 3.91. The number of piperidine rings is 1. The van der Waals surface area contributed by atoms with Crippen molar-refractivity contribution in [1.29, 1.82) is 0 Å². The maximum absolute atomic E-state index is 13.6. The van der Waals surface area contributed by atoms with E-state index in [1.807, 2.05) is 6.92 Å². The Balaban J connectivity index is 2.21. The van der Waals surface area contributed by atoms with Crippen LogP contribution in [0.15, 0.2) is 12.1 Å². The number of benzene rings is 1. The van der Waals surface area contributed by atoms with Crippen molar-refractivity contribution >= 4 is 11.6 Å². The van der Waals surface area contributed by atoms with Gasteiger partial charge in [-0.3, -0.25) is 4.79 Å². The summed E-state index contributed by atoms with van der Waals surface area (Å²) < 4.78 is 39.6. The van der Waals surface area contributed by atoms with Crippen LogP contribution in [-0.2, 0) is 4.79 Å². The van der Waals surface area contributed by atoms with Gasteiger partial charge in [-0.15, -0.1) is 0 Å². The minimum absolute atomic E-state index is 0.327. The number of halogens is 3. The van der Waals surface area contributed by atoms with E-state index in [0.29, 0.717) is 19.4 Å². The highest BCUT2D eigenvalue weighted by Gasteiger charge is 2.38. The summed E-state index contributed by atoms with van der Waals surface area (Å²) in [5.74, 6) is -4.58. The van der Waals surface area contributed by atoms with E-state index >= 15 is 0 Å². The zero-order valence-corrected chi connectivity index (χ0v) is 11.2. The molecule has 2 rings (SSSR count). The summed E-state index contributed by atoms with van der Waals surface area (Å²) in [6.45, 7) is 3.23. The molecule has 2 N–H and O–H groups in total. The van der Waals surface area contributed by atoms with Gasteiger partial charge in [-0.25, -0.2) is 13.2 Å². The van der Waals surface area contributed by atoms with E-state index in [9.17, 15) is 18.0 Å². The van der Waals surface area contributed by atoms with Crippen molar-refractivity contribution in [2.75, 3.05) is 18.4 Å². The minimum Gasteiger partial charge on any atom is -0.323 e. The smallest absolute Gasteiger partial charge is 0.231 e. The van der Waals surface area contributed by atoms with Crippen LogP contribution in [0.5, 0.6) is 0 Å². The van der Waals surface area contributed by atoms with E-state index < -0.39 is 22.9 Å². The van der Waals surface area contributed by atoms with Gasteiger partial charge in [0.05, 0.1) is 11.1 Å². The molecule has 1 heterocycles. The topological polar surface area (TPSA) is 41.1 Å². The Labute approximate surface area is 115 Å². The van der Waals surface area contributed by atoms with Gasteiger partial charge < -0.3 is 10.6 Å². The molecule has 1 aromatic carbocycles. The number of nitrogens with one attached hydrogen (secondary N) is 2. The predicted molar refractivity (Wildman–Crippen MR) is 69.8 cm³/mol. The molecule has 0 spiro atoms. The Morgan fingerprint density at radius 3 is 2.70 bits per heavy atom. The van der Waals surface area contributed by atoms with Gasteiger partial charge in [-0.05, 0) is 37.9 Å². The van der Waals surface area contributed by atoms with E-state index in [0.717, 1.165) is 25.1 Å². The summed E-state index contributed by atoms with van der Waals surface area (Å²) in [5.41, 5.74) is -0.956. The average Bonchev–Trinajstić information content (AvgIpc) is 2.48. The molecule has 1 saturated heterocycles. The number of hydrogen-bond donors (Lipinski definition) is 2. The first kappa shape index (κ1) is 14.8. The van der Waals surface area contributed by atoms with Gasteiger partial charge in [0.25, 0.3) is 0 Å². The van der Waals surface area contributed by atoms with Gasteiger partial charge in [0.2, 0.25) is 5.91 Å². The van der Waals surface area contributed by atoms with E-state index in [1.165, 1.54) is 0 Å². The molecule has 0 aliphatic carbocycles. The second-order valence-corrected chi connectivity index (χ2v) is 5.09. The van der Waals surface area contributed by atoms with Crippen LogP contribution in [0.4, 0.5) is 18.9 Å². The van der Waals surface area contributed by atoms with Crippen LogP contribution in [0, 0.1) is 22.9 Å². The normalized spacial score (nSPS) is 22.6. The molecule has 1 aromatic rings. The number of hydrogen-bond acceptors (Lipinski definition) is 2. The summed E-state index contributed by atoms with van der Waals surface area (Å²) >= 11 is 0. The highest BCUT2D eigenvalue weighted by molar-refractivity contribution is 5.95. The highest BCUT2D eigenvalue weighted by atomic mass is 19.2. The molecular formula is C14H17F3N2O. The molecule has 110 valence electrons. The number of carbonyl (C=O) groups is 1. The summed E-state index contributed by atoms with van der Waals surface area (Å²) in [5, 5.41) is 5.52. The van der Waals surface area contributed by atoms with Gasteiger partial charge in [0.1, 0.15) is 0 Å². The largest absolute Gasteiger partial charge is 0.323 e. The van der Waals surface area contributed by atoms with Crippen molar-refractivity contribution in [2.45, 2.75) is 26.2 Å². The van der Waals surface area contributed by atoms with Crippen LogP contribution in [0.25, 0.3) is 0 Å². The first-order valence-electron chi connectivity index (χ1n) is 6.66. The first-order chi connectivity index (χ1) is 9.50. The molecule has 1 unspecified atom stereocenters. The maximum atomic E-state index is 13.6. The molecule has 1 aliphatic rings. The van der Waals surface area contributed by atoms with Crippen molar-refractivity contribution in [3.05, 3.63) is 29.6 Å². The fourth-order valence-corrected chi connectivity index (χ4v) is 2.50. The predicted octanol–water partition coefficient (Wildman–Crippen LogP) is 2.82. The second-order valence-electron chi connectivity index (χ2n) is 5.09. The lowest BCUT2D eigenvalue weighted by atomic mass is 9.77. The molecule has 1 atom stereocenters. The molecule has 1 fully saturated rings. The first-order valence-corrected chi connectivity index (χ1v) is 6.66. The van der Waals surface area contributed by atoms with E-state index in [4.69, 9.17) is 0 Å². The molecule has 1 amide bonds. The van der Waals surface area contributed by atoms with E-state index in [1.54, 1.807) is 0 Å². The third-order valence-corrected chi connectivity index (χ3v) is 3.91. The summed E-state index contributed by atoms with van der Waals surface area (Å²) in [6.07, 6.45) is 2.13. The van der Waals surface area contributed by atoms with Crippen LogP contribution in [-0.4, -0.2) is 19.0 Å². The van der Waals surface area contributed by atoms with Crippen LogP contribution in [0.2, 0.25) is 0 Å². The Morgan fingerprint density at radius 2 is 2.10 bits per heavy atom. The Morgan fingerprint density at radius 1 is 1.35 bits per heavy atom. The summed E-state index contributed by atoms with van der Waals surface area (Å²) in [7, 11) is 0. The zero-order chi connectivity index (χ0) is 14.8. The van der Waals surface area contributed by atoms with E-state index in [-0.39, 0.29) is 11.6 Å². The van der Waals surface area contributed by atoms with Gasteiger partial charge in [0.15, 0.2) is 17.5 Å². The number of rotatable bonds is 3. The van der Waals surface area contributed by atoms with Gasteiger partial charge in [-0.1, -0.05) is 6.92 Å². The van der Waals surface area contributed by atoms with Crippen molar-refractivity contribution < 1.29 is 18.0 Å². The fraction of sp³-hybridized carbons (Fsp3) is 0.500. The van der Waals surface area contributed by atoms with Crippen LogP contribution in [0.1, 0.15) is 26.2 Å². The zero-order valence-electron chi connectivity index (χ0n) is 11.2. The average molecular weight is 286 g/mol. The molecule has 0 saturated carbocycles. The van der Waals surface area contributed by atoms with Gasteiger partial charge in [-0.2, -0.15) is 0 Å². The number of anilines is 1. The van der Waals surface area contributed by atoms with Gasteiger partial charge >= 0.3 is 0 Å². The third kappa shape index (κ3) is 2.65. The fourth-order valence-electron chi connectivity index (χ4n) is 2.50. The number of amides is 1. The van der Waals surface area contributed by atoms with Crippen molar-refractivity contribution in [3.8, 4) is 0 Å². The van der Waals surface area contributed by atoms with E-state index in [2.05, 4.69) is 10.6 Å². The lowest BCUT2D eigenvalue weighted by Crippen LogP contribution is -2.47. The second kappa shape index (κ2) is 5.83. The van der Waals surface area contributed by atoms with Crippen LogP contribution in [0.3, 0.4) is 0 Å². The Hall–Kier alpha value is -1.56. The molecular weight excluding hydrogens is 269 g/mol. The Bertz CT molecular complexity index is 513. The minimum atomic E-state index is -1.57. The maximum Gasteiger partial charge on any atom is 0.231 e. The monoisotopic (exact) mass is 286 g/mol. The molecule has 0 bridgehead atoms. The molecule has 3 nitrogen and oxygen atoms in total. The SMILES string of the molecule is CCC1(C(=O)Nc2ccc(F)c(F)c2F)CCCNC1. The van der Waals surface area contributed by atoms with Crippen molar-refractivity contribution in [3.63, 3.8) is 0 Å². The highest BCUT2D eigenvalue weighted by Crippen LogP contribution is 2.32. The summed E-state index contributed by atoms with van der Waals surface area (Å²) in [4.78, 5) is 12.3. The molecule has 20 heavy (non-hydrogen) atoms. The molecule has 1 aliphatic heterocycles.